The fourth-order valence-corrected chi connectivity index (χ4v) is 1.91. The topological polar surface area (TPSA) is 111 Å². The van der Waals surface area contributed by atoms with E-state index in [4.69, 9.17) is 11.5 Å². The van der Waals surface area contributed by atoms with Crippen molar-refractivity contribution in [2.45, 2.75) is 9.79 Å². The number of anilines is 2. The molecule has 0 unspecified atom stereocenters. The molecular formula is C9H9N5OS. The van der Waals surface area contributed by atoms with Gasteiger partial charge in [0.25, 0.3) is 5.56 Å². The molecule has 0 aliphatic carbocycles. The smallest absolute Gasteiger partial charge is 0.268 e. The van der Waals surface area contributed by atoms with Crippen LogP contribution in [0.25, 0.3) is 0 Å². The Bertz CT molecular complexity index is 554. The Morgan fingerprint density at radius 3 is 2.56 bits per heavy atom. The van der Waals surface area contributed by atoms with Gasteiger partial charge in [0.05, 0.1) is 0 Å². The third-order valence-electron chi connectivity index (χ3n) is 1.79. The molecular weight excluding hydrogens is 226 g/mol. The Morgan fingerprint density at radius 2 is 1.94 bits per heavy atom. The molecule has 16 heavy (non-hydrogen) atoms. The summed E-state index contributed by atoms with van der Waals surface area (Å²) in [5.74, 6) is 0.143. The van der Waals surface area contributed by atoms with Crippen molar-refractivity contribution in [3.8, 4) is 0 Å². The van der Waals surface area contributed by atoms with E-state index in [2.05, 4.69) is 15.0 Å². The van der Waals surface area contributed by atoms with E-state index in [-0.39, 0.29) is 17.3 Å². The summed E-state index contributed by atoms with van der Waals surface area (Å²) in [5.41, 5.74) is 10.6. The molecule has 0 fully saturated rings. The van der Waals surface area contributed by atoms with E-state index in [1.807, 2.05) is 0 Å². The normalized spacial score (nSPS) is 10.2. The number of nitrogens with two attached hydrogens (primary N) is 2. The highest BCUT2D eigenvalue weighted by Crippen LogP contribution is 2.27. The first kappa shape index (κ1) is 10.5. The van der Waals surface area contributed by atoms with Gasteiger partial charge in [0.2, 0.25) is 5.95 Å². The maximum absolute atomic E-state index is 11.6. The van der Waals surface area contributed by atoms with E-state index in [1.54, 1.807) is 24.5 Å². The summed E-state index contributed by atoms with van der Waals surface area (Å²) in [7, 11) is 0. The van der Waals surface area contributed by atoms with Crippen LogP contribution in [0.2, 0.25) is 0 Å². The Hall–Kier alpha value is -2.02. The minimum absolute atomic E-state index is 0.0154. The molecule has 0 saturated heterocycles. The third kappa shape index (κ3) is 2.14. The van der Waals surface area contributed by atoms with Gasteiger partial charge in [-0.15, -0.1) is 0 Å². The summed E-state index contributed by atoms with van der Waals surface area (Å²) in [6.45, 7) is 0. The minimum atomic E-state index is -0.341. The van der Waals surface area contributed by atoms with Crippen molar-refractivity contribution >= 4 is 23.5 Å². The Balaban J connectivity index is 2.39. The van der Waals surface area contributed by atoms with Crippen molar-refractivity contribution in [1.82, 2.24) is 15.0 Å². The highest BCUT2D eigenvalue weighted by atomic mass is 32.2. The van der Waals surface area contributed by atoms with E-state index in [9.17, 15) is 4.79 Å². The van der Waals surface area contributed by atoms with E-state index < -0.39 is 0 Å². The van der Waals surface area contributed by atoms with Gasteiger partial charge in [0.1, 0.15) is 10.7 Å². The van der Waals surface area contributed by atoms with Crippen LogP contribution in [0.4, 0.5) is 11.8 Å². The first-order valence-electron chi connectivity index (χ1n) is 4.40. The standard InChI is InChI=1S/C9H9N5OS/c10-7-6(8(15)14-9(11)13-7)16-5-1-3-12-4-2-5/h1-4H,(H5,10,11,13,14,15). The number of nitrogens with one attached hydrogen (secondary N) is 1. The molecule has 6 nitrogen and oxygen atoms in total. The second-order valence-corrected chi connectivity index (χ2v) is 4.03. The highest BCUT2D eigenvalue weighted by Gasteiger charge is 2.09. The number of H-pyrrole nitrogens is 1. The summed E-state index contributed by atoms with van der Waals surface area (Å²) >= 11 is 1.22. The number of nitrogens with zero attached hydrogens (tertiary/aromatic N) is 2. The zero-order valence-electron chi connectivity index (χ0n) is 8.18. The van der Waals surface area contributed by atoms with Crippen molar-refractivity contribution < 1.29 is 0 Å². The number of aromatic nitrogens is 3. The number of hydrogen-bond donors (Lipinski definition) is 3. The van der Waals surface area contributed by atoms with Crippen molar-refractivity contribution in [2.75, 3.05) is 11.5 Å². The first-order chi connectivity index (χ1) is 7.66. The molecule has 0 bridgehead atoms. The number of aromatic amines is 1. The van der Waals surface area contributed by atoms with Gasteiger partial charge in [-0.25, -0.2) is 0 Å². The number of hydrogen-bond acceptors (Lipinski definition) is 6. The zero-order chi connectivity index (χ0) is 11.5. The molecule has 2 aromatic heterocycles. The largest absolute Gasteiger partial charge is 0.382 e. The van der Waals surface area contributed by atoms with E-state index in [0.29, 0.717) is 4.90 Å². The highest BCUT2D eigenvalue weighted by molar-refractivity contribution is 7.99. The quantitative estimate of drug-likeness (QED) is 0.698. The summed E-state index contributed by atoms with van der Waals surface area (Å²) in [5, 5.41) is 0. The van der Waals surface area contributed by atoms with Gasteiger partial charge < -0.3 is 11.5 Å². The zero-order valence-corrected chi connectivity index (χ0v) is 8.99. The molecule has 7 heteroatoms. The minimum Gasteiger partial charge on any atom is -0.382 e. The number of pyridine rings is 1. The predicted octanol–water partition coefficient (Wildman–Crippen LogP) is 0.480. The number of nitrogen functional groups attached to an aromatic ring is 2. The molecule has 0 aliphatic rings. The molecule has 2 rings (SSSR count). The summed E-state index contributed by atoms with van der Waals surface area (Å²) in [4.78, 5) is 22.8. The van der Waals surface area contributed by atoms with E-state index in [0.717, 1.165) is 4.90 Å². The third-order valence-corrected chi connectivity index (χ3v) is 2.90. The van der Waals surface area contributed by atoms with Crippen LogP contribution in [0.15, 0.2) is 39.1 Å². The summed E-state index contributed by atoms with van der Waals surface area (Å²) in [6, 6.07) is 3.56. The van der Waals surface area contributed by atoms with Crippen LogP contribution < -0.4 is 17.0 Å². The Kier molecular flexibility index (Phi) is 2.78. The Labute approximate surface area is 95.1 Å². The van der Waals surface area contributed by atoms with Crippen LogP contribution in [-0.4, -0.2) is 15.0 Å². The molecule has 0 saturated carbocycles. The van der Waals surface area contributed by atoms with Gasteiger partial charge in [0.15, 0.2) is 0 Å². The lowest BCUT2D eigenvalue weighted by molar-refractivity contribution is 1.07. The molecule has 0 radical (unpaired) electrons. The van der Waals surface area contributed by atoms with Crippen LogP contribution in [-0.2, 0) is 0 Å². The average Bonchev–Trinajstić information content (AvgIpc) is 2.25. The predicted molar refractivity (Wildman–Crippen MR) is 62.0 cm³/mol. The van der Waals surface area contributed by atoms with Gasteiger partial charge in [0, 0.05) is 17.3 Å². The van der Waals surface area contributed by atoms with Crippen LogP contribution in [0.5, 0.6) is 0 Å². The van der Waals surface area contributed by atoms with Crippen LogP contribution in [0.1, 0.15) is 0 Å². The SMILES string of the molecule is Nc1nc(N)c(Sc2ccncc2)c(=O)[nH]1. The fourth-order valence-electron chi connectivity index (χ4n) is 1.12. The molecule has 0 aliphatic heterocycles. The maximum Gasteiger partial charge on any atom is 0.268 e. The van der Waals surface area contributed by atoms with Crippen LogP contribution >= 0.6 is 11.8 Å². The van der Waals surface area contributed by atoms with Crippen molar-refractivity contribution in [2.24, 2.45) is 0 Å². The monoisotopic (exact) mass is 235 g/mol. The molecule has 0 spiro atoms. The molecule has 82 valence electrons. The van der Waals surface area contributed by atoms with Crippen molar-refractivity contribution in [3.05, 3.63) is 34.9 Å². The van der Waals surface area contributed by atoms with Crippen LogP contribution in [0, 0.1) is 0 Å². The molecule has 0 atom stereocenters. The lowest BCUT2D eigenvalue weighted by Gasteiger charge is -2.03. The summed E-state index contributed by atoms with van der Waals surface area (Å²) < 4.78 is 0. The maximum atomic E-state index is 11.6. The second-order valence-electron chi connectivity index (χ2n) is 2.95. The lowest BCUT2D eigenvalue weighted by Crippen LogP contribution is -2.15. The van der Waals surface area contributed by atoms with Crippen molar-refractivity contribution in [3.63, 3.8) is 0 Å². The van der Waals surface area contributed by atoms with Crippen LogP contribution in [0.3, 0.4) is 0 Å². The van der Waals surface area contributed by atoms with E-state index in [1.165, 1.54) is 11.8 Å². The number of rotatable bonds is 2. The van der Waals surface area contributed by atoms with Gasteiger partial charge in [-0.3, -0.25) is 14.8 Å². The van der Waals surface area contributed by atoms with Gasteiger partial charge in [-0.1, -0.05) is 11.8 Å². The first-order valence-corrected chi connectivity index (χ1v) is 5.21. The second kappa shape index (κ2) is 4.23. The fraction of sp³-hybridized carbons (Fsp3) is 0. The van der Waals surface area contributed by atoms with Crippen molar-refractivity contribution in [1.29, 1.82) is 0 Å². The molecule has 0 aromatic carbocycles. The van der Waals surface area contributed by atoms with Gasteiger partial charge in [-0.2, -0.15) is 4.98 Å². The van der Waals surface area contributed by atoms with Gasteiger partial charge >= 0.3 is 0 Å². The Morgan fingerprint density at radius 1 is 1.25 bits per heavy atom. The van der Waals surface area contributed by atoms with E-state index >= 15 is 0 Å². The summed E-state index contributed by atoms with van der Waals surface area (Å²) in [6.07, 6.45) is 3.27. The average molecular weight is 235 g/mol. The molecule has 2 aromatic rings. The van der Waals surface area contributed by atoms with Gasteiger partial charge in [-0.05, 0) is 12.1 Å². The molecule has 2 heterocycles. The molecule has 5 N–H and O–H groups in total. The lowest BCUT2D eigenvalue weighted by atomic mass is 10.5. The molecule has 0 amide bonds.